The fraction of sp³-hybridized carbons (Fsp3) is 0.278. The molecular formula is C18H18O7. The first kappa shape index (κ1) is 18.3. The van der Waals surface area contributed by atoms with Crippen molar-refractivity contribution in [2.24, 2.45) is 5.92 Å². The van der Waals surface area contributed by atoms with Crippen LogP contribution in [0, 0.1) is 5.92 Å². The molecule has 25 heavy (non-hydrogen) atoms. The molecule has 0 unspecified atom stereocenters. The van der Waals surface area contributed by atoms with Gasteiger partial charge in [-0.3, -0.25) is 14.4 Å². The third-order valence-corrected chi connectivity index (χ3v) is 3.54. The van der Waals surface area contributed by atoms with Crippen LogP contribution in [0.25, 0.3) is 6.08 Å². The molecule has 7 heteroatoms. The highest BCUT2D eigenvalue weighted by Crippen LogP contribution is 2.38. The molecule has 2 rings (SSSR count). The summed E-state index contributed by atoms with van der Waals surface area (Å²) in [6, 6.07) is 3.27. The molecule has 1 aromatic rings. The Balaban J connectivity index is 2.28. The van der Waals surface area contributed by atoms with Crippen LogP contribution in [0.5, 0.6) is 17.2 Å². The van der Waals surface area contributed by atoms with Crippen LogP contribution in [0.2, 0.25) is 0 Å². The van der Waals surface area contributed by atoms with Gasteiger partial charge in [-0.15, -0.1) is 0 Å². The van der Waals surface area contributed by atoms with Gasteiger partial charge in [0.2, 0.25) is 5.75 Å². The zero-order valence-electron chi connectivity index (χ0n) is 14.3. The van der Waals surface area contributed by atoms with Crippen molar-refractivity contribution in [3.63, 3.8) is 0 Å². The number of cyclic esters (lactones) is 1. The first-order valence-electron chi connectivity index (χ1n) is 7.37. The molecule has 0 bridgehead atoms. The molecule has 0 aliphatic carbocycles. The van der Waals surface area contributed by atoms with E-state index in [1.54, 1.807) is 12.1 Å². The van der Waals surface area contributed by atoms with Gasteiger partial charge in [-0.1, -0.05) is 6.08 Å². The third kappa shape index (κ3) is 3.88. The number of rotatable bonds is 6. The van der Waals surface area contributed by atoms with E-state index in [1.807, 2.05) is 0 Å². The Morgan fingerprint density at radius 3 is 2.16 bits per heavy atom. The van der Waals surface area contributed by atoms with Crippen molar-refractivity contribution < 1.29 is 33.3 Å². The minimum Gasteiger partial charge on any atom is -0.493 e. The molecule has 0 N–H and O–H groups in total. The molecule has 0 amide bonds. The van der Waals surface area contributed by atoms with Crippen LogP contribution in [0.1, 0.15) is 12.5 Å². The molecule has 0 aromatic heterocycles. The van der Waals surface area contributed by atoms with Gasteiger partial charge in [0.05, 0.1) is 21.3 Å². The van der Waals surface area contributed by atoms with Gasteiger partial charge in [0.15, 0.2) is 29.0 Å². The second-order valence-corrected chi connectivity index (χ2v) is 5.21. The van der Waals surface area contributed by atoms with Crippen LogP contribution in [0.3, 0.4) is 0 Å². The van der Waals surface area contributed by atoms with Gasteiger partial charge in [-0.05, 0) is 30.7 Å². The Labute approximate surface area is 144 Å². The number of esters is 1. The number of ether oxygens (including phenoxy) is 4. The van der Waals surface area contributed by atoms with E-state index in [2.05, 4.69) is 0 Å². The predicted octanol–water partition coefficient (Wildman–Crippen LogP) is 1.94. The van der Waals surface area contributed by atoms with E-state index in [0.29, 0.717) is 22.8 Å². The molecule has 7 nitrogen and oxygen atoms in total. The molecule has 132 valence electrons. The van der Waals surface area contributed by atoms with Crippen LogP contribution < -0.4 is 14.2 Å². The quantitative estimate of drug-likeness (QED) is 0.442. The van der Waals surface area contributed by atoms with Gasteiger partial charge in [0.1, 0.15) is 5.76 Å². The monoisotopic (exact) mass is 346 g/mol. The molecular weight excluding hydrogens is 328 g/mol. The van der Waals surface area contributed by atoms with Gasteiger partial charge in [-0.2, -0.15) is 0 Å². The fourth-order valence-electron chi connectivity index (χ4n) is 2.38. The van der Waals surface area contributed by atoms with Gasteiger partial charge in [-0.25, -0.2) is 0 Å². The van der Waals surface area contributed by atoms with E-state index < -0.39 is 23.5 Å². The fourth-order valence-corrected chi connectivity index (χ4v) is 2.38. The Morgan fingerprint density at radius 2 is 1.68 bits per heavy atom. The molecule has 1 aromatic carbocycles. The molecule has 1 aliphatic rings. The summed E-state index contributed by atoms with van der Waals surface area (Å²) >= 11 is 0. The lowest BCUT2D eigenvalue weighted by atomic mass is 9.96. The Hall–Kier alpha value is -3.09. The normalized spacial score (nSPS) is 17.1. The zero-order valence-corrected chi connectivity index (χ0v) is 14.3. The lowest BCUT2D eigenvalue weighted by Gasteiger charge is -2.16. The molecule has 0 saturated heterocycles. The summed E-state index contributed by atoms with van der Waals surface area (Å²) in [6.07, 6.45) is 3.74. The second kappa shape index (κ2) is 7.65. The lowest BCUT2D eigenvalue weighted by Crippen LogP contribution is -2.34. The number of carbonyl (C=O) groups is 3. The van der Waals surface area contributed by atoms with E-state index in [0.717, 1.165) is 12.2 Å². The van der Waals surface area contributed by atoms with Crippen molar-refractivity contribution in [1.82, 2.24) is 0 Å². The number of benzene rings is 1. The van der Waals surface area contributed by atoms with E-state index in [4.69, 9.17) is 18.9 Å². The van der Waals surface area contributed by atoms with Crippen molar-refractivity contribution in [1.29, 1.82) is 0 Å². The summed E-state index contributed by atoms with van der Waals surface area (Å²) in [5.74, 6) is -2.17. The second-order valence-electron chi connectivity index (χ2n) is 5.21. The molecule has 1 atom stereocenters. The van der Waals surface area contributed by atoms with E-state index in [9.17, 15) is 14.4 Å². The summed E-state index contributed by atoms with van der Waals surface area (Å²) in [7, 11) is 4.43. The number of carbonyl (C=O) groups excluding carboxylic acids is 3. The van der Waals surface area contributed by atoms with Crippen molar-refractivity contribution in [3.8, 4) is 17.2 Å². The van der Waals surface area contributed by atoms with Gasteiger partial charge in [0.25, 0.3) is 0 Å². The Morgan fingerprint density at radius 1 is 1.08 bits per heavy atom. The largest absolute Gasteiger partial charge is 0.493 e. The van der Waals surface area contributed by atoms with Crippen LogP contribution in [0.15, 0.2) is 30.0 Å². The topological polar surface area (TPSA) is 88.1 Å². The average Bonchev–Trinajstić information content (AvgIpc) is 2.57. The highest BCUT2D eigenvalue weighted by Gasteiger charge is 2.36. The number of allylic oxidation sites excluding steroid dienone is 3. The number of hydrogen-bond donors (Lipinski definition) is 0. The summed E-state index contributed by atoms with van der Waals surface area (Å²) < 4.78 is 20.5. The number of ketones is 2. The molecule has 1 aliphatic heterocycles. The van der Waals surface area contributed by atoms with Crippen LogP contribution in [-0.2, 0) is 19.1 Å². The highest BCUT2D eigenvalue weighted by atomic mass is 16.5. The zero-order chi connectivity index (χ0) is 18.6. The summed E-state index contributed by atoms with van der Waals surface area (Å²) in [5, 5.41) is 0. The van der Waals surface area contributed by atoms with E-state index >= 15 is 0 Å². The molecule has 1 heterocycles. The standard InChI is InChI=1S/C18H18O7/c1-10-7-13(20)16(18(21)25-10)12(19)6-5-11-8-14(22-2)17(24-4)15(9-11)23-3/h5-9,16H,1-4H3/b6-5+/t16-/m1/s1. The molecule has 0 radical (unpaired) electrons. The molecule has 0 fully saturated rings. The first-order valence-corrected chi connectivity index (χ1v) is 7.37. The summed E-state index contributed by atoms with van der Waals surface area (Å²) in [6.45, 7) is 1.47. The minimum atomic E-state index is -1.47. The smallest absolute Gasteiger partial charge is 0.329 e. The molecule has 0 spiro atoms. The maximum Gasteiger partial charge on any atom is 0.329 e. The van der Waals surface area contributed by atoms with Crippen LogP contribution in [0.4, 0.5) is 0 Å². The number of hydrogen-bond acceptors (Lipinski definition) is 7. The maximum absolute atomic E-state index is 12.2. The first-order chi connectivity index (χ1) is 11.9. The van der Waals surface area contributed by atoms with Crippen molar-refractivity contribution >= 4 is 23.6 Å². The van der Waals surface area contributed by atoms with Crippen molar-refractivity contribution in [3.05, 3.63) is 35.6 Å². The highest BCUT2D eigenvalue weighted by molar-refractivity contribution is 6.25. The van der Waals surface area contributed by atoms with Gasteiger partial charge < -0.3 is 18.9 Å². The van der Waals surface area contributed by atoms with Gasteiger partial charge >= 0.3 is 5.97 Å². The summed E-state index contributed by atoms with van der Waals surface area (Å²) in [4.78, 5) is 35.8. The Bertz CT molecular complexity index is 749. The average molecular weight is 346 g/mol. The predicted molar refractivity (Wildman–Crippen MR) is 88.5 cm³/mol. The third-order valence-electron chi connectivity index (χ3n) is 3.54. The minimum absolute atomic E-state index is 0.174. The van der Waals surface area contributed by atoms with Crippen molar-refractivity contribution in [2.75, 3.05) is 21.3 Å². The number of methoxy groups -OCH3 is 3. The maximum atomic E-state index is 12.2. The SMILES string of the molecule is COc1cc(/C=C/C(=O)[C@@H]2C(=O)C=C(C)OC2=O)cc(OC)c1OC. The van der Waals surface area contributed by atoms with Crippen molar-refractivity contribution in [2.45, 2.75) is 6.92 Å². The van der Waals surface area contributed by atoms with E-state index in [-0.39, 0.29) is 5.76 Å². The van der Waals surface area contributed by atoms with E-state index in [1.165, 1.54) is 34.3 Å². The van der Waals surface area contributed by atoms with Crippen LogP contribution >= 0.6 is 0 Å². The Kier molecular flexibility index (Phi) is 5.59. The van der Waals surface area contributed by atoms with Crippen LogP contribution in [-0.4, -0.2) is 38.9 Å². The summed E-state index contributed by atoms with van der Waals surface area (Å²) in [5.41, 5.74) is 0.575. The van der Waals surface area contributed by atoms with Gasteiger partial charge in [0, 0.05) is 6.08 Å². The lowest BCUT2D eigenvalue weighted by molar-refractivity contribution is -0.151. The molecule has 0 saturated carbocycles.